The lowest BCUT2D eigenvalue weighted by Crippen LogP contribution is -2.01. The van der Waals surface area contributed by atoms with Crippen molar-refractivity contribution in [2.75, 3.05) is 5.73 Å². The molecule has 0 fully saturated rings. The van der Waals surface area contributed by atoms with E-state index in [9.17, 15) is 0 Å². The van der Waals surface area contributed by atoms with Crippen LogP contribution in [0.2, 0.25) is 5.02 Å². The molecular weight excluding hydrogens is 266 g/mol. The van der Waals surface area contributed by atoms with Gasteiger partial charge in [-0.3, -0.25) is 4.68 Å². The zero-order chi connectivity index (χ0) is 13.1. The molecule has 5 heteroatoms. The Bertz CT molecular complexity index is 537. The Morgan fingerprint density at radius 3 is 2.78 bits per heavy atom. The van der Waals surface area contributed by atoms with Crippen molar-refractivity contribution in [1.29, 1.82) is 0 Å². The molecule has 96 valence electrons. The maximum absolute atomic E-state index is 5.91. The Kier molecular flexibility index (Phi) is 4.19. The third-order valence-electron chi connectivity index (χ3n) is 2.54. The van der Waals surface area contributed by atoms with E-state index >= 15 is 0 Å². The van der Waals surface area contributed by atoms with Crippen molar-refractivity contribution < 1.29 is 0 Å². The first-order valence-electron chi connectivity index (χ1n) is 5.78. The van der Waals surface area contributed by atoms with Crippen LogP contribution in [0.5, 0.6) is 0 Å². The zero-order valence-corrected chi connectivity index (χ0v) is 12.0. The van der Waals surface area contributed by atoms with Crippen LogP contribution in [0.3, 0.4) is 0 Å². The van der Waals surface area contributed by atoms with Crippen LogP contribution in [0, 0.1) is 0 Å². The SMILES string of the molecule is CC(C)n1ccc(CSc2ccc(Cl)cc2N)n1. The summed E-state index contributed by atoms with van der Waals surface area (Å²) in [7, 11) is 0. The topological polar surface area (TPSA) is 43.8 Å². The number of anilines is 1. The second-order valence-electron chi connectivity index (χ2n) is 4.35. The predicted octanol–water partition coefficient (Wildman–Crippen LogP) is 3.99. The number of nitrogens with zero attached hydrogens (tertiary/aromatic N) is 2. The van der Waals surface area contributed by atoms with E-state index in [0.29, 0.717) is 11.1 Å². The molecule has 1 aromatic carbocycles. The molecular formula is C13H16ClN3S. The second kappa shape index (κ2) is 5.67. The Hall–Kier alpha value is -1.13. The van der Waals surface area contributed by atoms with Crippen LogP contribution in [0.4, 0.5) is 5.69 Å². The third-order valence-corrected chi connectivity index (χ3v) is 3.90. The van der Waals surface area contributed by atoms with Crippen molar-refractivity contribution in [2.45, 2.75) is 30.5 Å². The van der Waals surface area contributed by atoms with Gasteiger partial charge in [-0.25, -0.2) is 0 Å². The van der Waals surface area contributed by atoms with Crippen molar-refractivity contribution in [1.82, 2.24) is 9.78 Å². The number of nitrogen functional groups attached to an aromatic ring is 1. The number of hydrogen-bond donors (Lipinski definition) is 1. The van der Waals surface area contributed by atoms with Gasteiger partial charge in [0.1, 0.15) is 0 Å². The predicted molar refractivity (Wildman–Crippen MR) is 78.0 cm³/mol. The van der Waals surface area contributed by atoms with Crippen molar-refractivity contribution in [2.24, 2.45) is 0 Å². The van der Waals surface area contributed by atoms with E-state index in [0.717, 1.165) is 22.0 Å². The maximum Gasteiger partial charge on any atom is 0.0727 e. The van der Waals surface area contributed by atoms with Crippen molar-refractivity contribution in [3.05, 3.63) is 41.2 Å². The van der Waals surface area contributed by atoms with E-state index in [-0.39, 0.29) is 0 Å². The molecule has 18 heavy (non-hydrogen) atoms. The van der Waals surface area contributed by atoms with E-state index in [1.54, 1.807) is 17.8 Å². The Labute approximate surface area is 116 Å². The number of hydrogen-bond acceptors (Lipinski definition) is 3. The Morgan fingerprint density at radius 1 is 1.39 bits per heavy atom. The number of nitrogens with two attached hydrogens (primary N) is 1. The third kappa shape index (κ3) is 3.21. The highest BCUT2D eigenvalue weighted by Crippen LogP contribution is 2.29. The molecule has 2 rings (SSSR count). The minimum Gasteiger partial charge on any atom is -0.398 e. The molecule has 0 saturated heterocycles. The van der Waals surface area contributed by atoms with E-state index in [2.05, 4.69) is 18.9 Å². The summed E-state index contributed by atoms with van der Waals surface area (Å²) < 4.78 is 1.96. The number of aromatic nitrogens is 2. The summed E-state index contributed by atoms with van der Waals surface area (Å²) in [5, 5.41) is 5.17. The first kappa shape index (κ1) is 13.3. The minimum absolute atomic E-state index is 0.393. The Morgan fingerprint density at radius 2 is 2.17 bits per heavy atom. The van der Waals surface area contributed by atoms with E-state index < -0.39 is 0 Å². The Balaban J connectivity index is 2.02. The first-order chi connectivity index (χ1) is 8.56. The summed E-state index contributed by atoms with van der Waals surface area (Å²) in [5.74, 6) is 0.811. The van der Waals surface area contributed by atoms with Crippen molar-refractivity contribution in [3.8, 4) is 0 Å². The van der Waals surface area contributed by atoms with Gasteiger partial charge in [-0.05, 0) is 38.1 Å². The van der Waals surface area contributed by atoms with E-state index in [1.807, 2.05) is 29.1 Å². The molecule has 0 unspecified atom stereocenters. The normalized spacial score (nSPS) is 11.1. The molecule has 1 aromatic heterocycles. The van der Waals surface area contributed by atoms with Crippen LogP contribution in [0.15, 0.2) is 35.4 Å². The van der Waals surface area contributed by atoms with Crippen LogP contribution in [0.1, 0.15) is 25.6 Å². The van der Waals surface area contributed by atoms with Gasteiger partial charge >= 0.3 is 0 Å². The number of benzene rings is 1. The quantitative estimate of drug-likeness (QED) is 0.681. The highest BCUT2D eigenvalue weighted by molar-refractivity contribution is 7.98. The molecule has 1 heterocycles. The highest BCUT2D eigenvalue weighted by atomic mass is 35.5. The minimum atomic E-state index is 0.393. The summed E-state index contributed by atoms with van der Waals surface area (Å²) in [4.78, 5) is 1.04. The maximum atomic E-state index is 5.91. The molecule has 2 N–H and O–H groups in total. The van der Waals surface area contributed by atoms with Gasteiger partial charge in [-0.1, -0.05) is 11.6 Å². The van der Waals surface area contributed by atoms with Crippen LogP contribution < -0.4 is 5.73 Å². The van der Waals surface area contributed by atoms with Gasteiger partial charge in [0.2, 0.25) is 0 Å². The number of rotatable bonds is 4. The average molecular weight is 282 g/mol. The molecule has 0 aliphatic rings. The summed E-state index contributed by atoms with van der Waals surface area (Å²) in [6.07, 6.45) is 2.01. The molecule has 0 radical (unpaired) electrons. The molecule has 2 aromatic rings. The smallest absolute Gasteiger partial charge is 0.0727 e. The van der Waals surface area contributed by atoms with E-state index in [4.69, 9.17) is 17.3 Å². The summed E-state index contributed by atoms with van der Waals surface area (Å²) in [6, 6.07) is 8.01. The monoisotopic (exact) mass is 281 g/mol. The zero-order valence-electron chi connectivity index (χ0n) is 10.4. The van der Waals surface area contributed by atoms with Gasteiger partial charge < -0.3 is 5.73 Å². The molecule has 0 spiro atoms. The number of halogens is 1. The van der Waals surface area contributed by atoms with Gasteiger partial charge in [0.15, 0.2) is 0 Å². The van der Waals surface area contributed by atoms with Crippen LogP contribution in [-0.2, 0) is 5.75 Å². The summed E-state index contributed by atoms with van der Waals surface area (Å²) in [5.41, 5.74) is 7.68. The fourth-order valence-electron chi connectivity index (χ4n) is 1.54. The molecule has 0 aliphatic heterocycles. The van der Waals surface area contributed by atoms with Gasteiger partial charge in [0.25, 0.3) is 0 Å². The van der Waals surface area contributed by atoms with Gasteiger partial charge in [-0.2, -0.15) is 5.10 Å². The fraction of sp³-hybridized carbons (Fsp3) is 0.308. The standard InChI is InChI=1S/C13H16ClN3S/c1-9(2)17-6-5-11(16-17)8-18-13-4-3-10(14)7-12(13)15/h3-7,9H,8,15H2,1-2H3. The highest BCUT2D eigenvalue weighted by Gasteiger charge is 2.05. The lowest BCUT2D eigenvalue weighted by molar-refractivity contribution is 0.529. The van der Waals surface area contributed by atoms with E-state index in [1.165, 1.54) is 0 Å². The molecule has 0 amide bonds. The molecule has 0 saturated carbocycles. The van der Waals surface area contributed by atoms with Gasteiger partial charge in [0, 0.05) is 33.6 Å². The summed E-state index contributed by atoms with van der Waals surface area (Å²) >= 11 is 7.54. The molecule has 3 nitrogen and oxygen atoms in total. The van der Waals surface area contributed by atoms with Gasteiger partial charge in [-0.15, -0.1) is 11.8 Å². The summed E-state index contributed by atoms with van der Waals surface area (Å²) in [6.45, 7) is 4.22. The lowest BCUT2D eigenvalue weighted by atomic mass is 10.3. The van der Waals surface area contributed by atoms with Crippen molar-refractivity contribution >= 4 is 29.1 Å². The van der Waals surface area contributed by atoms with Crippen LogP contribution >= 0.6 is 23.4 Å². The van der Waals surface area contributed by atoms with Crippen LogP contribution in [-0.4, -0.2) is 9.78 Å². The lowest BCUT2D eigenvalue weighted by Gasteiger charge is -2.05. The van der Waals surface area contributed by atoms with Crippen LogP contribution in [0.25, 0.3) is 0 Å². The van der Waals surface area contributed by atoms with Gasteiger partial charge in [0.05, 0.1) is 5.69 Å². The first-order valence-corrected chi connectivity index (χ1v) is 7.14. The largest absolute Gasteiger partial charge is 0.398 e. The molecule has 0 bridgehead atoms. The fourth-order valence-corrected chi connectivity index (χ4v) is 2.57. The molecule has 0 aliphatic carbocycles. The van der Waals surface area contributed by atoms with Crippen molar-refractivity contribution in [3.63, 3.8) is 0 Å². The number of thioether (sulfide) groups is 1. The molecule has 0 atom stereocenters. The second-order valence-corrected chi connectivity index (χ2v) is 5.81. The average Bonchev–Trinajstić information content (AvgIpc) is 2.76.